The second kappa shape index (κ2) is 11.4. The van der Waals surface area contributed by atoms with Gasteiger partial charge in [-0.3, -0.25) is 14.4 Å². The minimum Gasteiger partial charge on any atom is -0.376 e. The van der Waals surface area contributed by atoms with Crippen LogP contribution >= 0.6 is 11.6 Å². The van der Waals surface area contributed by atoms with Crippen LogP contribution < -0.4 is 21.3 Å². The number of carbonyl (C=O) groups is 3. The normalized spacial score (nSPS) is 14.2. The number of rotatable bonds is 7. The summed E-state index contributed by atoms with van der Waals surface area (Å²) in [5.41, 5.74) is 1.65. The van der Waals surface area contributed by atoms with Gasteiger partial charge in [0.1, 0.15) is 0 Å². The van der Waals surface area contributed by atoms with Crippen LogP contribution in [-0.2, 0) is 4.79 Å². The fraction of sp³-hybridized carbons (Fsp3) is 0.423. The highest BCUT2D eigenvalue weighted by Gasteiger charge is 2.19. The third kappa shape index (κ3) is 7.76. The van der Waals surface area contributed by atoms with Crippen molar-refractivity contribution in [2.75, 3.05) is 17.2 Å². The Morgan fingerprint density at radius 1 is 0.941 bits per heavy atom. The maximum absolute atomic E-state index is 12.7. The highest BCUT2D eigenvalue weighted by Crippen LogP contribution is 2.23. The van der Waals surface area contributed by atoms with Gasteiger partial charge in [0.25, 0.3) is 11.8 Å². The lowest BCUT2D eigenvalue weighted by Crippen LogP contribution is -2.40. The lowest BCUT2D eigenvalue weighted by molar-refractivity contribution is -0.114. The third-order valence-electron chi connectivity index (χ3n) is 5.50. The molecule has 0 aliphatic heterocycles. The zero-order valence-corrected chi connectivity index (χ0v) is 20.7. The third-order valence-corrected chi connectivity index (χ3v) is 5.83. The molecule has 0 radical (unpaired) electrons. The van der Waals surface area contributed by atoms with Gasteiger partial charge in [-0.25, -0.2) is 0 Å². The molecule has 8 heteroatoms. The molecule has 2 aromatic rings. The second-order valence-corrected chi connectivity index (χ2v) is 10.1. The number of benzene rings is 2. The van der Waals surface area contributed by atoms with Crippen molar-refractivity contribution in [2.24, 2.45) is 0 Å². The molecule has 0 spiro atoms. The SMILES string of the molecule is CC(C)(C)NC(=O)c1cccc(NCC(=O)Nc2ccc(Cl)c(C(=O)NC3CCCCC3)c2)c1. The Bertz CT molecular complexity index is 1040. The van der Waals surface area contributed by atoms with Crippen molar-refractivity contribution in [3.8, 4) is 0 Å². The largest absolute Gasteiger partial charge is 0.376 e. The summed E-state index contributed by atoms with van der Waals surface area (Å²) in [5.74, 6) is -0.692. The molecule has 0 atom stereocenters. The van der Waals surface area contributed by atoms with Gasteiger partial charge in [-0.2, -0.15) is 0 Å². The molecule has 0 heterocycles. The zero-order chi connectivity index (χ0) is 24.7. The van der Waals surface area contributed by atoms with Crippen molar-refractivity contribution < 1.29 is 14.4 Å². The van der Waals surface area contributed by atoms with Gasteiger partial charge in [0.2, 0.25) is 5.91 Å². The smallest absolute Gasteiger partial charge is 0.253 e. The highest BCUT2D eigenvalue weighted by molar-refractivity contribution is 6.34. The Hall–Kier alpha value is -3.06. The van der Waals surface area contributed by atoms with Crippen LogP contribution in [0.1, 0.15) is 73.6 Å². The van der Waals surface area contributed by atoms with E-state index in [0.29, 0.717) is 27.5 Å². The van der Waals surface area contributed by atoms with Crippen LogP contribution in [0.2, 0.25) is 5.02 Å². The van der Waals surface area contributed by atoms with Crippen LogP contribution in [0.3, 0.4) is 0 Å². The maximum atomic E-state index is 12.7. The van der Waals surface area contributed by atoms with Gasteiger partial charge in [0.05, 0.1) is 17.1 Å². The van der Waals surface area contributed by atoms with Crippen molar-refractivity contribution in [3.63, 3.8) is 0 Å². The van der Waals surface area contributed by atoms with Gasteiger partial charge < -0.3 is 21.3 Å². The molecule has 0 saturated heterocycles. The number of nitrogens with one attached hydrogen (secondary N) is 4. The topological polar surface area (TPSA) is 99.3 Å². The van der Waals surface area contributed by atoms with Gasteiger partial charge >= 0.3 is 0 Å². The molecule has 1 aliphatic rings. The van der Waals surface area contributed by atoms with E-state index in [0.717, 1.165) is 25.7 Å². The molecule has 0 aromatic heterocycles. The standard InChI is InChI=1S/C26H33ClN4O3/c1-26(2,3)31-24(33)17-8-7-11-19(14-17)28-16-23(32)29-20-12-13-22(27)21(15-20)25(34)30-18-9-5-4-6-10-18/h7-8,11-15,18,28H,4-6,9-10,16H2,1-3H3,(H,29,32)(H,30,34)(H,31,33). The molecule has 1 aliphatic carbocycles. The van der Waals surface area contributed by atoms with Crippen LogP contribution in [0.4, 0.5) is 11.4 Å². The average Bonchev–Trinajstić information content (AvgIpc) is 2.78. The molecular formula is C26H33ClN4O3. The molecule has 3 rings (SSSR count). The molecule has 0 unspecified atom stereocenters. The number of hydrogen-bond acceptors (Lipinski definition) is 4. The summed E-state index contributed by atoms with van der Waals surface area (Å²) >= 11 is 6.25. The highest BCUT2D eigenvalue weighted by atomic mass is 35.5. The summed E-state index contributed by atoms with van der Waals surface area (Å²) in [7, 11) is 0. The minimum absolute atomic E-state index is 0.00340. The number of carbonyl (C=O) groups excluding carboxylic acids is 3. The lowest BCUT2D eigenvalue weighted by atomic mass is 9.95. The van der Waals surface area contributed by atoms with Crippen LogP contribution in [-0.4, -0.2) is 35.8 Å². The molecule has 2 aromatic carbocycles. The average molecular weight is 485 g/mol. The summed E-state index contributed by atoms with van der Waals surface area (Å²) in [6.07, 6.45) is 5.39. The Morgan fingerprint density at radius 3 is 2.38 bits per heavy atom. The van der Waals surface area contributed by atoms with E-state index in [9.17, 15) is 14.4 Å². The maximum Gasteiger partial charge on any atom is 0.253 e. The molecule has 1 saturated carbocycles. The van der Waals surface area contributed by atoms with Crippen molar-refractivity contribution in [1.82, 2.24) is 10.6 Å². The van der Waals surface area contributed by atoms with E-state index in [4.69, 9.17) is 11.6 Å². The number of anilines is 2. The molecular weight excluding hydrogens is 452 g/mol. The van der Waals surface area contributed by atoms with Crippen LogP contribution in [0.15, 0.2) is 42.5 Å². The number of halogens is 1. The first-order chi connectivity index (χ1) is 16.1. The predicted molar refractivity (Wildman–Crippen MR) is 137 cm³/mol. The van der Waals surface area contributed by atoms with E-state index in [-0.39, 0.29) is 35.8 Å². The van der Waals surface area contributed by atoms with Crippen molar-refractivity contribution in [3.05, 3.63) is 58.6 Å². The molecule has 0 bridgehead atoms. The fourth-order valence-corrected chi connectivity index (χ4v) is 4.06. The first-order valence-electron chi connectivity index (χ1n) is 11.7. The molecule has 34 heavy (non-hydrogen) atoms. The Kier molecular flexibility index (Phi) is 8.56. The van der Waals surface area contributed by atoms with E-state index in [1.165, 1.54) is 6.42 Å². The molecule has 3 amide bonds. The van der Waals surface area contributed by atoms with E-state index in [2.05, 4.69) is 21.3 Å². The molecule has 7 nitrogen and oxygen atoms in total. The Labute approximate surface area is 206 Å². The van der Waals surface area contributed by atoms with E-state index in [1.807, 2.05) is 20.8 Å². The quantitative estimate of drug-likeness (QED) is 0.445. The lowest BCUT2D eigenvalue weighted by Gasteiger charge is -2.23. The monoisotopic (exact) mass is 484 g/mol. The van der Waals surface area contributed by atoms with Gasteiger partial charge in [-0.15, -0.1) is 0 Å². The van der Waals surface area contributed by atoms with Gasteiger partial charge in [0, 0.05) is 28.5 Å². The molecule has 182 valence electrons. The van der Waals surface area contributed by atoms with E-state index < -0.39 is 0 Å². The molecule has 1 fully saturated rings. The summed E-state index contributed by atoms with van der Waals surface area (Å²) in [5, 5.41) is 12.1. The van der Waals surface area contributed by atoms with E-state index in [1.54, 1.807) is 42.5 Å². The zero-order valence-electron chi connectivity index (χ0n) is 20.0. The Morgan fingerprint density at radius 2 is 1.68 bits per heavy atom. The van der Waals surface area contributed by atoms with Crippen LogP contribution in [0.5, 0.6) is 0 Å². The van der Waals surface area contributed by atoms with Crippen molar-refractivity contribution in [2.45, 2.75) is 64.5 Å². The van der Waals surface area contributed by atoms with Crippen LogP contribution in [0.25, 0.3) is 0 Å². The summed E-state index contributed by atoms with van der Waals surface area (Å²) in [6, 6.07) is 12.0. The first kappa shape index (κ1) is 25.6. The van der Waals surface area contributed by atoms with E-state index >= 15 is 0 Å². The van der Waals surface area contributed by atoms with Crippen LogP contribution in [0, 0.1) is 0 Å². The summed E-state index contributed by atoms with van der Waals surface area (Å²) in [6.45, 7) is 5.74. The predicted octanol–water partition coefficient (Wildman–Crippen LogP) is 4.98. The molecule has 4 N–H and O–H groups in total. The second-order valence-electron chi connectivity index (χ2n) is 9.69. The van der Waals surface area contributed by atoms with Crippen molar-refractivity contribution >= 4 is 40.7 Å². The minimum atomic E-state index is -0.342. The number of hydrogen-bond donors (Lipinski definition) is 4. The van der Waals surface area contributed by atoms with Gasteiger partial charge in [-0.05, 0) is 70.0 Å². The van der Waals surface area contributed by atoms with Crippen molar-refractivity contribution in [1.29, 1.82) is 0 Å². The number of amides is 3. The van der Waals surface area contributed by atoms with Gasteiger partial charge in [-0.1, -0.05) is 36.9 Å². The first-order valence-corrected chi connectivity index (χ1v) is 12.1. The van der Waals surface area contributed by atoms with Gasteiger partial charge in [0.15, 0.2) is 0 Å². The Balaban J connectivity index is 1.57. The fourth-order valence-electron chi connectivity index (χ4n) is 3.86. The summed E-state index contributed by atoms with van der Waals surface area (Å²) < 4.78 is 0. The summed E-state index contributed by atoms with van der Waals surface area (Å²) in [4.78, 5) is 37.6.